The van der Waals surface area contributed by atoms with E-state index >= 15 is 0 Å². The van der Waals surface area contributed by atoms with Crippen molar-refractivity contribution in [2.75, 3.05) is 0 Å². The lowest BCUT2D eigenvalue weighted by atomic mass is 10.1. The predicted octanol–water partition coefficient (Wildman–Crippen LogP) is 2.73. The molecule has 98 valence electrons. The van der Waals surface area contributed by atoms with Gasteiger partial charge in [0.2, 0.25) is 5.90 Å². The Morgan fingerprint density at radius 3 is 2.65 bits per heavy atom. The van der Waals surface area contributed by atoms with Crippen LogP contribution in [-0.4, -0.2) is 16.9 Å². The Bertz CT molecular complexity index is 718. The van der Waals surface area contributed by atoms with Crippen molar-refractivity contribution in [3.05, 3.63) is 71.2 Å². The number of benzene rings is 1. The first-order valence-corrected chi connectivity index (χ1v) is 6.23. The summed E-state index contributed by atoms with van der Waals surface area (Å²) in [5.41, 5.74) is 2.78. The van der Waals surface area contributed by atoms with E-state index in [2.05, 4.69) is 9.98 Å². The third-order valence-electron chi connectivity index (χ3n) is 2.97. The molecular formula is C16H12N2O2. The zero-order chi connectivity index (χ0) is 13.9. The van der Waals surface area contributed by atoms with Crippen LogP contribution < -0.4 is 0 Å². The molecule has 1 aliphatic heterocycles. The molecule has 2 aromatic rings. The molecule has 0 bridgehead atoms. The monoisotopic (exact) mass is 264 g/mol. The van der Waals surface area contributed by atoms with E-state index in [9.17, 15) is 4.79 Å². The van der Waals surface area contributed by atoms with Crippen LogP contribution >= 0.6 is 0 Å². The van der Waals surface area contributed by atoms with E-state index in [4.69, 9.17) is 4.74 Å². The van der Waals surface area contributed by atoms with Gasteiger partial charge in [-0.1, -0.05) is 24.3 Å². The first-order chi connectivity index (χ1) is 9.74. The standard InChI is InChI=1S/C16H12N2O2/c1-11-6-2-3-8-13(11)15-18-14(16(19)20-15)10-12-7-4-5-9-17-12/h2-10H,1H3. The van der Waals surface area contributed by atoms with Gasteiger partial charge in [0.05, 0.1) is 5.69 Å². The maximum atomic E-state index is 11.8. The van der Waals surface area contributed by atoms with Gasteiger partial charge in [-0.2, -0.15) is 0 Å². The third-order valence-corrected chi connectivity index (χ3v) is 2.97. The number of pyridine rings is 1. The van der Waals surface area contributed by atoms with Gasteiger partial charge in [0, 0.05) is 11.8 Å². The van der Waals surface area contributed by atoms with Crippen molar-refractivity contribution in [2.45, 2.75) is 6.92 Å². The van der Waals surface area contributed by atoms with Crippen LogP contribution in [0.4, 0.5) is 0 Å². The summed E-state index contributed by atoms with van der Waals surface area (Å²) in [5, 5.41) is 0. The van der Waals surface area contributed by atoms with Gasteiger partial charge >= 0.3 is 5.97 Å². The molecule has 4 nitrogen and oxygen atoms in total. The molecule has 20 heavy (non-hydrogen) atoms. The molecule has 0 spiro atoms. The summed E-state index contributed by atoms with van der Waals surface area (Å²) in [4.78, 5) is 20.2. The van der Waals surface area contributed by atoms with E-state index in [1.807, 2.05) is 49.4 Å². The van der Waals surface area contributed by atoms with E-state index in [0.29, 0.717) is 11.6 Å². The molecule has 0 N–H and O–H groups in total. The summed E-state index contributed by atoms with van der Waals surface area (Å²) in [6, 6.07) is 13.1. The SMILES string of the molecule is Cc1ccccc1C1=NC(=Cc2ccccn2)C(=O)O1. The zero-order valence-corrected chi connectivity index (χ0v) is 10.9. The minimum absolute atomic E-state index is 0.266. The van der Waals surface area contributed by atoms with Gasteiger partial charge in [0.25, 0.3) is 0 Å². The maximum Gasteiger partial charge on any atom is 0.363 e. The molecule has 0 unspecified atom stereocenters. The van der Waals surface area contributed by atoms with Crippen LogP contribution in [0.3, 0.4) is 0 Å². The first kappa shape index (κ1) is 12.3. The summed E-state index contributed by atoms with van der Waals surface area (Å²) < 4.78 is 5.23. The molecule has 0 radical (unpaired) electrons. The molecule has 0 saturated heterocycles. The largest absolute Gasteiger partial charge is 0.402 e. The fourth-order valence-electron chi connectivity index (χ4n) is 1.94. The zero-order valence-electron chi connectivity index (χ0n) is 10.9. The minimum Gasteiger partial charge on any atom is -0.402 e. The van der Waals surface area contributed by atoms with Crippen molar-refractivity contribution in [2.24, 2.45) is 4.99 Å². The molecule has 0 amide bonds. The van der Waals surface area contributed by atoms with Crippen molar-refractivity contribution >= 4 is 17.9 Å². The number of nitrogens with zero attached hydrogens (tertiary/aromatic N) is 2. The Morgan fingerprint density at radius 2 is 1.90 bits per heavy atom. The number of carbonyl (C=O) groups excluding carboxylic acids is 1. The molecule has 0 saturated carbocycles. The van der Waals surface area contributed by atoms with Crippen molar-refractivity contribution in [1.29, 1.82) is 0 Å². The summed E-state index contributed by atoms with van der Waals surface area (Å²) in [5.74, 6) is -0.107. The molecule has 1 aliphatic rings. The van der Waals surface area contributed by atoms with Crippen LogP contribution in [0.15, 0.2) is 59.4 Å². The number of hydrogen-bond acceptors (Lipinski definition) is 4. The Kier molecular flexibility index (Phi) is 3.13. The van der Waals surface area contributed by atoms with Crippen LogP contribution in [0.25, 0.3) is 6.08 Å². The summed E-state index contributed by atoms with van der Waals surface area (Å²) in [6.07, 6.45) is 3.28. The lowest BCUT2D eigenvalue weighted by molar-refractivity contribution is -0.129. The van der Waals surface area contributed by atoms with Crippen molar-refractivity contribution in [3.63, 3.8) is 0 Å². The fraction of sp³-hybridized carbons (Fsp3) is 0.0625. The highest BCUT2D eigenvalue weighted by molar-refractivity contribution is 6.13. The Balaban J connectivity index is 1.98. The molecule has 1 aromatic carbocycles. The highest BCUT2D eigenvalue weighted by atomic mass is 16.6. The van der Waals surface area contributed by atoms with Gasteiger partial charge in [-0.3, -0.25) is 4.98 Å². The van der Waals surface area contributed by atoms with Gasteiger partial charge in [-0.15, -0.1) is 0 Å². The maximum absolute atomic E-state index is 11.8. The molecule has 0 fully saturated rings. The second kappa shape index (κ2) is 5.09. The Labute approximate surface area is 116 Å². The normalized spacial score (nSPS) is 16.1. The lowest BCUT2D eigenvalue weighted by Crippen LogP contribution is -2.06. The van der Waals surface area contributed by atoms with E-state index < -0.39 is 5.97 Å². The highest BCUT2D eigenvalue weighted by Crippen LogP contribution is 2.20. The van der Waals surface area contributed by atoms with E-state index in [1.165, 1.54) is 0 Å². The van der Waals surface area contributed by atoms with Crippen LogP contribution in [0.5, 0.6) is 0 Å². The van der Waals surface area contributed by atoms with Crippen molar-refractivity contribution < 1.29 is 9.53 Å². The van der Waals surface area contributed by atoms with Gasteiger partial charge in [-0.05, 0) is 36.8 Å². The average Bonchev–Trinajstić information content (AvgIpc) is 2.81. The van der Waals surface area contributed by atoms with E-state index in [0.717, 1.165) is 11.1 Å². The molecule has 4 heteroatoms. The predicted molar refractivity (Wildman–Crippen MR) is 76.0 cm³/mol. The average molecular weight is 264 g/mol. The molecule has 1 aromatic heterocycles. The molecule has 0 atom stereocenters. The highest BCUT2D eigenvalue weighted by Gasteiger charge is 2.24. The van der Waals surface area contributed by atoms with Gasteiger partial charge < -0.3 is 4.74 Å². The first-order valence-electron chi connectivity index (χ1n) is 6.23. The third kappa shape index (κ3) is 2.36. The van der Waals surface area contributed by atoms with Crippen LogP contribution in [0, 0.1) is 6.92 Å². The van der Waals surface area contributed by atoms with Gasteiger partial charge in [0.15, 0.2) is 5.70 Å². The van der Waals surface area contributed by atoms with Gasteiger partial charge in [-0.25, -0.2) is 9.79 Å². The summed E-state index contributed by atoms with van der Waals surface area (Å²) in [7, 11) is 0. The van der Waals surface area contributed by atoms with Gasteiger partial charge in [0.1, 0.15) is 0 Å². The van der Waals surface area contributed by atoms with Crippen LogP contribution in [0.2, 0.25) is 0 Å². The van der Waals surface area contributed by atoms with E-state index in [1.54, 1.807) is 12.3 Å². The quantitative estimate of drug-likeness (QED) is 0.619. The molecule has 3 rings (SSSR count). The number of aliphatic imine (C=N–C) groups is 1. The number of cyclic esters (lactones) is 1. The lowest BCUT2D eigenvalue weighted by Gasteiger charge is -2.02. The number of esters is 1. The number of ether oxygens (including phenoxy) is 1. The smallest absolute Gasteiger partial charge is 0.363 e. The molecular weight excluding hydrogens is 252 g/mol. The fourth-order valence-corrected chi connectivity index (χ4v) is 1.94. The number of carbonyl (C=O) groups is 1. The van der Waals surface area contributed by atoms with Crippen LogP contribution in [-0.2, 0) is 9.53 Å². The topological polar surface area (TPSA) is 51.5 Å². The second-order valence-electron chi connectivity index (χ2n) is 4.41. The number of rotatable bonds is 2. The molecule has 2 heterocycles. The summed E-state index contributed by atoms with van der Waals surface area (Å²) in [6.45, 7) is 1.95. The number of hydrogen-bond donors (Lipinski definition) is 0. The minimum atomic E-state index is -0.450. The molecule has 0 aliphatic carbocycles. The van der Waals surface area contributed by atoms with Crippen molar-refractivity contribution in [1.82, 2.24) is 4.98 Å². The number of aromatic nitrogens is 1. The summed E-state index contributed by atoms with van der Waals surface area (Å²) >= 11 is 0. The van der Waals surface area contributed by atoms with Crippen molar-refractivity contribution in [3.8, 4) is 0 Å². The van der Waals surface area contributed by atoms with E-state index in [-0.39, 0.29) is 5.70 Å². The van der Waals surface area contributed by atoms with Crippen LogP contribution in [0.1, 0.15) is 16.8 Å². The number of aryl methyl sites for hydroxylation is 1. The Hall–Kier alpha value is -2.75. The Morgan fingerprint density at radius 1 is 1.10 bits per heavy atom. The second-order valence-corrected chi connectivity index (χ2v) is 4.41.